The molecule has 0 unspecified atom stereocenters. The molecule has 0 aliphatic rings. The monoisotopic (exact) mass is 727 g/mol. The molecule has 0 aliphatic carbocycles. The molecule has 0 radical (unpaired) electrons. The van der Waals surface area contributed by atoms with Crippen molar-refractivity contribution < 1.29 is 0 Å². The molecule has 3 heteroatoms. The van der Waals surface area contributed by atoms with Crippen LogP contribution in [0.25, 0.3) is 77.2 Å². The Balaban J connectivity index is 1.21. The Kier molecular flexibility index (Phi) is 8.24. The molecule has 1 aromatic heterocycles. The molecule has 0 amide bonds. The van der Waals surface area contributed by atoms with Gasteiger partial charge in [-0.1, -0.05) is 158 Å². The second-order valence-electron chi connectivity index (χ2n) is 14.5. The lowest BCUT2D eigenvalue weighted by Gasteiger charge is -2.30. The summed E-state index contributed by atoms with van der Waals surface area (Å²) >= 11 is 0. The van der Waals surface area contributed by atoms with E-state index in [2.05, 4.69) is 199 Å². The van der Waals surface area contributed by atoms with E-state index in [1.165, 1.54) is 32.8 Å². The van der Waals surface area contributed by atoms with Gasteiger partial charge >= 0.3 is 0 Å². The van der Waals surface area contributed by atoms with Crippen LogP contribution in [0.1, 0.15) is 16.8 Å². The molecule has 0 saturated carbocycles. The fourth-order valence-corrected chi connectivity index (χ4v) is 8.83. The molecule has 3 nitrogen and oxygen atoms in total. The van der Waals surface area contributed by atoms with E-state index < -0.39 is 0 Å². The molecule has 57 heavy (non-hydrogen) atoms. The van der Waals surface area contributed by atoms with Crippen LogP contribution in [0.3, 0.4) is 0 Å². The van der Waals surface area contributed by atoms with Gasteiger partial charge in [-0.3, -0.25) is 0 Å². The van der Waals surface area contributed by atoms with Crippen molar-refractivity contribution in [1.29, 1.82) is 5.26 Å². The Morgan fingerprint density at radius 2 is 1.11 bits per heavy atom. The summed E-state index contributed by atoms with van der Waals surface area (Å²) in [6.07, 6.45) is 1.95. The topological polar surface area (TPSA) is 32.0 Å². The van der Waals surface area contributed by atoms with Crippen molar-refractivity contribution in [3.05, 3.63) is 211 Å². The van der Waals surface area contributed by atoms with E-state index in [0.29, 0.717) is 5.56 Å². The van der Waals surface area contributed by atoms with Crippen molar-refractivity contribution in [1.82, 2.24) is 4.57 Å². The summed E-state index contributed by atoms with van der Waals surface area (Å²) in [6, 6.07) is 69.1. The van der Waals surface area contributed by atoms with Crippen molar-refractivity contribution in [3.63, 3.8) is 0 Å². The van der Waals surface area contributed by atoms with Crippen LogP contribution in [-0.2, 0) is 0 Å². The quantitative estimate of drug-likeness (QED) is 0.153. The number of aromatic nitrogens is 1. The normalized spacial score (nSPS) is 11.3. The zero-order valence-corrected chi connectivity index (χ0v) is 31.5. The average molecular weight is 728 g/mol. The Morgan fingerprint density at radius 3 is 1.81 bits per heavy atom. The summed E-state index contributed by atoms with van der Waals surface area (Å²) in [5, 5.41) is 18.3. The molecule has 0 atom stereocenters. The highest BCUT2D eigenvalue weighted by molar-refractivity contribution is 6.22. The molecule has 0 aliphatic heterocycles. The standard InChI is InChI=1S/C54H37N3/c1-3-44-36(2)56(52-28-11-10-22-47(44)52)42-19-14-20-43(34-42)57(41-18-12-15-37(33-41)35-55)54-50-25-8-6-23-48(50)53(49-24-7-9-26-51(49)54)40-31-29-39(30-32-40)46-27-13-17-38-16-4-5-21-45(38)46/h3-34H,1H2,2H3. The Bertz CT molecular complexity index is 3170. The number of hydrogen-bond donors (Lipinski definition) is 0. The Morgan fingerprint density at radius 1 is 0.544 bits per heavy atom. The van der Waals surface area contributed by atoms with E-state index >= 15 is 0 Å². The maximum Gasteiger partial charge on any atom is 0.0992 e. The van der Waals surface area contributed by atoms with Crippen molar-refractivity contribution in [3.8, 4) is 34.0 Å². The van der Waals surface area contributed by atoms with Crippen LogP contribution in [0.2, 0.25) is 0 Å². The van der Waals surface area contributed by atoms with Crippen LogP contribution >= 0.6 is 0 Å². The van der Waals surface area contributed by atoms with Gasteiger partial charge in [-0.25, -0.2) is 0 Å². The summed E-state index contributed by atoms with van der Waals surface area (Å²) in [5.74, 6) is 0. The van der Waals surface area contributed by atoms with E-state index in [-0.39, 0.29) is 0 Å². The third-order valence-electron chi connectivity index (χ3n) is 11.3. The van der Waals surface area contributed by atoms with Gasteiger partial charge in [0.15, 0.2) is 0 Å². The molecule has 1 heterocycles. The van der Waals surface area contributed by atoms with Crippen LogP contribution in [0.4, 0.5) is 17.1 Å². The lowest BCUT2D eigenvalue weighted by atomic mass is 9.89. The van der Waals surface area contributed by atoms with Crippen LogP contribution in [0, 0.1) is 18.3 Å². The number of rotatable bonds is 7. The van der Waals surface area contributed by atoms with Crippen LogP contribution < -0.4 is 4.90 Å². The van der Waals surface area contributed by atoms with Gasteiger partial charge in [-0.2, -0.15) is 5.26 Å². The highest BCUT2D eigenvalue weighted by Gasteiger charge is 2.23. The predicted molar refractivity (Wildman–Crippen MR) is 241 cm³/mol. The molecule has 0 fully saturated rings. The lowest BCUT2D eigenvalue weighted by Crippen LogP contribution is -2.12. The zero-order chi connectivity index (χ0) is 38.5. The molecule has 10 aromatic rings. The number of nitrogens with zero attached hydrogens (tertiary/aromatic N) is 3. The molecule has 9 aromatic carbocycles. The summed E-state index contributed by atoms with van der Waals surface area (Å²) in [6.45, 7) is 6.32. The SMILES string of the molecule is C=Cc1c(C)n(-c2cccc(N(c3cccc(C#N)c3)c3c4ccccc4c(-c4ccc(-c5cccc6ccccc56)cc4)c4ccccc34)c2)c2ccccc12. The minimum Gasteiger partial charge on any atom is -0.313 e. The van der Waals surface area contributed by atoms with Gasteiger partial charge < -0.3 is 9.47 Å². The highest BCUT2D eigenvalue weighted by Crippen LogP contribution is 2.48. The summed E-state index contributed by atoms with van der Waals surface area (Å²) < 4.78 is 2.32. The average Bonchev–Trinajstić information content (AvgIpc) is 3.57. The minimum absolute atomic E-state index is 0.605. The first kappa shape index (κ1) is 33.9. The third kappa shape index (κ3) is 5.58. The van der Waals surface area contributed by atoms with Gasteiger partial charge in [0.25, 0.3) is 0 Å². The second kappa shape index (κ2) is 13.9. The van der Waals surface area contributed by atoms with Gasteiger partial charge in [0.05, 0.1) is 22.8 Å². The fraction of sp³-hybridized carbons (Fsp3) is 0.0185. The van der Waals surface area contributed by atoms with Gasteiger partial charge in [-0.05, 0) is 93.2 Å². The molecule has 268 valence electrons. The van der Waals surface area contributed by atoms with E-state index in [0.717, 1.165) is 66.6 Å². The number of benzene rings is 9. The molecule has 0 N–H and O–H groups in total. The van der Waals surface area contributed by atoms with Gasteiger partial charge in [0.1, 0.15) is 0 Å². The summed E-state index contributed by atoms with van der Waals surface area (Å²) in [7, 11) is 0. The van der Waals surface area contributed by atoms with Gasteiger partial charge in [0, 0.05) is 44.5 Å². The maximum atomic E-state index is 10.1. The van der Waals surface area contributed by atoms with Crippen LogP contribution in [0.15, 0.2) is 195 Å². The number of hydrogen-bond acceptors (Lipinski definition) is 2. The smallest absolute Gasteiger partial charge is 0.0992 e. The minimum atomic E-state index is 0.605. The maximum absolute atomic E-state index is 10.1. The summed E-state index contributed by atoms with van der Waals surface area (Å²) in [5.41, 5.74) is 12.8. The third-order valence-corrected chi connectivity index (χ3v) is 11.3. The van der Waals surface area contributed by atoms with Crippen molar-refractivity contribution in [2.75, 3.05) is 4.90 Å². The van der Waals surface area contributed by atoms with Crippen molar-refractivity contribution in [2.45, 2.75) is 6.92 Å². The Hall–Kier alpha value is -7.67. The molecular weight excluding hydrogens is 691 g/mol. The molecule has 0 bridgehead atoms. The molecule has 0 spiro atoms. The number of fused-ring (bicyclic) bond motifs is 4. The number of nitriles is 1. The first-order chi connectivity index (χ1) is 28.1. The largest absolute Gasteiger partial charge is 0.313 e. The number of para-hydroxylation sites is 1. The fourth-order valence-electron chi connectivity index (χ4n) is 8.83. The van der Waals surface area contributed by atoms with E-state index in [4.69, 9.17) is 0 Å². The van der Waals surface area contributed by atoms with Gasteiger partial charge in [0.2, 0.25) is 0 Å². The number of anilines is 3. The van der Waals surface area contributed by atoms with E-state index in [1.807, 2.05) is 24.3 Å². The van der Waals surface area contributed by atoms with E-state index in [1.54, 1.807) is 0 Å². The highest BCUT2D eigenvalue weighted by atomic mass is 15.1. The first-order valence-electron chi connectivity index (χ1n) is 19.3. The van der Waals surface area contributed by atoms with Crippen LogP contribution in [0.5, 0.6) is 0 Å². The molecule has 10 rings (SSSR count). The first-order valence-corrected chi connectivity index (χ1v) is 19.3. The second-order valence-corrected chi connectivity index (χ2v) is 14.5. The summed E-state index contributed by atoms with van der Waals surface area (Å²) in [4.78, 5) is 2.33. The Labute approximate surface area is 332 Å². The predicted octanol–water partition coefficient (Wildman–Crippen LogP) is 14.7. The molecule has 0 saturated heterocycles. The van der Waals surface area contributed by atoms with Crippen LogP contribution in [-0.4, -0.2) is 4.57 Å². The van der Waals surface area contributed by atoms with Crippen molar-refractivity contribution >= 4 is 66.4 Å². The van der Waals surface area contributed by atoms with Gasteiger partial charge in [-0.15, -0.1) is 0 Å². The lowest BCUT2D eigenvalue weighted by molar-refractivity contribution is 1.05. The molecular formula is C54H37N3. The van der Waals surface area contributed by atoms with Crippen molar-refractivity contribution in [2.24, 2.45) is 0 Å². The zero-order valence-electron chi connectivity index (χ0n) is 31.5. The van der Waals surface area contributed by atoms with E-state index in [9.17, 15) is 5.26 Å².